The second-order valence-electron chi connectivity index (χ2n) is 7.59. The van der Waals surface area contributed by atoms with Crippen LogP contribution in [0.2, 0.25) is 0 Å². The zero-order valence-electron chi connectivity index (χ0n) is 16.8. The van der Waals surface area contributed by atoms with Gasteiger partial charge < -0.3 is 29.6 Å². The number of piperidine rings is 1. The van der Waals surface area contributed by atoms with Crippen LogP contribution in [0.1, 0.15) is 25.5 Å². The summed E-state index contributed by atoms with van der Waals surface area (Å²) in [6.45, 7) is 7.92. The van der Waals surface area contributed by atoms with Gasteiger partial charge in [0.2, 0.25) is 5.95 Å². The van der Waals surface area contributed by atoms with E-state index in [1.807, 2.05) is 12.1 Å². The van der Waals surface area contributed by atoms with Crippen molar-refractivity contribution in [3.05, 3.63) is 30.2 Å². The second kappa shape index (κ2) is 9.41. The number of rotatable bonds is 5. The topological polar surface area (TPSA) is 78.7 Å². The van der Waals surface area contributed by atoms with Gasteiger partial charge >= 0.3 is 0 Å². The summed E-state index contributed by atoms with van der Waals surface area (Å²) in [6, 6.07) is 5.85. The van der Waals surface area contributed by atoms with Gasteiger partial charge in [0.15, 0.2) is 5.11 Å². The molecule has 0 spiro atoms. The molecule has 0 bridgehead atoms. The van der Waals surface area contributed by atoms with Crippen molar-refractivity contribution >= 4 is 34.9 Å². The van der Waals surface area contributed by atoms with E-state index in [1.54, 1.807) is 6.26 Å². The molecule has 2 aliphatic heterocycles. The van der Waals surface area contributed by atoms with Gasteiger partial charge in [-0.05, 0) is 43.1 Å². The van der Waals surface area contributed by atoms with Gasteiger partial charge in [-0.1, -0.05) is 6.92 Å². The number of ether oxygens (including phenoxy) is 1. The largest absolute Gasteiger partial charge is 0.467 e. The van der Waals surface area contributed by atoms with E-state index < -0.39 is 0 Å². The Morgan fingerprint density at radius 3 is 2.72 bits per heavy atom. The van der Waals surface area contributed by atoms with Crippen molar-refractivity contribution < 1.29 is 9.15 Å². The minimum atomic E-state index is 0.471. The maximum Gasteiger partial charge on any atom is 0.232 e. The lowest BCUT2D eigenvalue weighted by Crippen LogP contribution is -2.38. The maximum atomic E-state index is 5.49. The predicted octanol–water partition coefficient (Wildman–Crippen LogP) is 2.63. The summed E-state index contributed by atoms with van der Waals surface area (Å²) in [5.74, 6) is 3.86. The number of nitrogens with zero attached hydrogens (tertiary/aromatic N) is 4. The Morgan fingerprint density at radius 1 is 1.21 bits per heavy atom. The number of nitrogens with one attached hydrogen (secondary N) is 2. The molecule has 9 heteroatoms. The first-order chi connectivity index (χ1) is 14.2. The van der Waals surface area contributed by atoms with Crippen LogP contribution in [0.4, 0.5) is 17.6 Å². The van der Waals surface area contributed by atoms with Crippen LogP contribution in [0.15, 0.2) is 28.9 Å². The van der Waals surface area contributed by atoms with Crippen LogP contribution >= 0.6 is 12.2 Å². The summed E-state index contributed by atoms with van der Waals surface area (Å²) < 4.78 is 10.8. The van der Waals surface area contributed by atoms with Gasteiger partial charge in [0, 0.05) is 32.2 Å². The fraction of sp³-hybridized carbons (Fsp3) is 0.550. The van der Waals surface area contributed by atoms with Gasteiger partial charge in [-0.15, -0.1) is 0 Å². The van der Waals surface area contributed by atoms with Gasteiger partial charge in [-0.3, -0.25) is 0 Å². The summed E-state index contributed by atoms with van der Waals surface area (Å²) >= 11 is 5.44. The summed E-state index contributed by atoms with van der Waals surface area (Å²) in [5, 5.41) is 6.76. The van der Waals surface area contributed by atoms with Crippen molar-refractivity contribution in [3.63, 3.8) is 0 Å². The van der Waals surface area contributed by atoms with Crippen LogP contribution < -0.4 is 20.4 Å². The van der Waals surface area contributed by atoms with Crippen LogP contribution in [0.25, 0.3) is 0 Å². The molecular formula is C20H28N6O2S. The molecule has 4 heterocycles. The minimum absolute atomic E-state index is 0.471. The molecule has 156 valence electrons. The third kappa shape index (κ3) is 5.36. The van der Waals surface area contributed by atoms with Crippen molar-refractivity contribution in [2.45, 2.75) is 26.3 Å². The number of thiocarbonyl (C=S) groups is 1. The summed E-state index contributed by atoms with van der Waals surface area (Å²) in [6.07, 6.45) is 4.10. The van der Waals surface area contributed by atoms with Crippen LogP contribution in [0.5, 0.6) is 0 Å². The number of hydrogen-bond donors (Lipinski definition) is 2. The standard InChI is InChI=1S/C20H28N6O2S/c1-15-4-2-6-26(14-15)18-12-17(25-7-10-27-11-8-25)22-19(23-18)24-20(29)21-13-16-5-3-9-28-16/h3,5,9,12,15H,2,4,6-8,10-11,13-14H2,1H3,(H2,21,22,23,24,29)/t15-/m0/s1. The van der Waals surface area contributed by atoms with Crippen LogP contribution in [0.3, 0.4) is 0 Å². The Morgan fingerprint density at radius 2 is 2.00 bits per heavy atom. The smallest absolute Gasteiger partial charge is 0.232 e. The molecule has 2 aromatic rings. The molecule has 0 unspecified atom stereocenters. The SMILES string of the molecule is C[C@H]1CCCN(c2cc(N3CCOCC3)nc(NC(=S)NCc3ccco3)n2)C1. The molecule has 29 heavy (non-hydrogen) atoms. The monoisotopic (exact) mass is 416 g/mol. The van der Waals surface area contributed by atoms with Gasteiger partial charge in [0.05, 0.1) is 26.0 Å². The predicted molar refractivity (Wildman–Crippen MR) is 117 cm³/mol. The van der Waals surface area contributed by atoms with E-state index in [9.17, 15) is 0 Å². The first-order valence-corrected chi connectivity index (χ1v) is 10.6. The molecule has 0 saturated carbocycles. The summed E-state index contributed by atoms with van der Waals surface area (Å²) in [5.41, 5.74) is 0. The third-order valence-electron chi connectivity index (χ3n) is 5.24. The molecule has 2 fully saturated rings. The molecule has 0 amide bonds. The zero-order chi connectivity index (χ0) is 20.1. The van der Waals surface area contributed by atoms with Gasteiger partial charge in [0.25, 0.3) is 0 Å². The molecule has 2 aliphatic rings. The Kier molecular flexibility index (Phi) is 6.46. The third-order valence-corrected chi connectivity index (χ3v) is 5.49. The van der Waals surface area contributed by atoms with E-state index in [2.05, 4.69) is 33.4 Å². The number of anilines is 3. The van der Waals surface area contributed by atoms with Crippen molar-refractivity contribution in [3.8, 4) is 0 Å². The Balaban J connectivity index is 1.51. The highest BCUT2D eigenvalue weighted by Crippen LogP contribution is 2.26. The number of furan rings is 1. The molecule has 8 nitrogen and oxygen atoms in total. The van der Waals surface area contributed by atoms with Crippen LogP contribution in [-0.2, 0) is 11.3 Å². The molecule has 2 saturated heterocycles. The first-order valence-electron chi connectivity index (χ1n) is 10.2. The molecule has 2 N–H and O–H groups in total. The summed E-state index contributed by atoms with van der Waals surface area (Å²) in [4.78, 5) is 14.1. The van der Waals surface area contributed by atoms with Crippen LogP contribution in [0, 0.1) is 5.92 Å². The van der Waals surface area contributed by atoms with Crippen LogP contribution in [-0.4, -0.2) is 54.5 Å². The van der Waals surface area contributed by atoms with Crippen molar-refractivity contribution in [2.24, 2.45) is 5.92 Å². The zero-order valence-corrected chi connectivity index (χ0v) is 17.6. The van der Waals surface area contributed by atoms with E-state index in [4.69, 9.17) is 31.3 Å². The van der Waals surface area contributed by atoms with Gasteiger partial charge in [-0.2, -0.15) is 9.97 Å². The lowest BCUT2D eigenvalue weighted by atomic mass is 10.0. The molecule has 0 aromatic carbocycles. The molecule has 0 aliphatic carbocycles. The van der Waals surface area contributed by atoms with E-state index in [0.29, 0.717) is 36.7 Å². The van der Waals surface area contributed by atoms with Gasteiger partial charge in [-0.25, -0.2) is 0 Å². The highest BCUT2D eigenvalue weighted by Gasteiger charge is 2.21. The van der Waals surface area contributed by atoms with E-state index in [1.165, 1.54) is 12.8 Å². The number of morpholine rings is 1. The highest BCUT2D eigenvalue weighted by atomic mass is 32.1. The average molecular weight is 417 g/mol. The quantitative estimate of drug-likeness (QED) is 0.715. The lowest BCUT2D eigenvalue weighted by Gasteiger charge is -2.33. The van der Waals surface area contributed by atoms with Crippen molar-refractivity contribution in [1.82, 2.24) is 15.3 Å². The number of aromatic nitrogens is 2. The van der Waals surface area contributed by atoms with E-state index in [-0.39, 0.29) is 0 Å². The highest BCUT2D eigenvalue weighted by molar-refractivity contribution is 7.80. The minimum Gasteiger partial charge on any atom is -0.467 e. The normalized spacial score (nSPS) is 19.8. The van der Waals surface area contributed by atoms with E-state index >= 15 is 0 Å². The molecule has 1 atom stereocenters. The molecule has 2 aromatic heterocycles. The maximum absolute atomic E-state index is 5.49. The molecule has 0 radical (unpaired) electrons. The Labute approximate surface area is 176 Å². The van der Waals surface area contributed by atoms with Crippen molar-refractivity contribution in [1.29, 1.82) is 0 Å². The Bertz CT molecular complexity index is 809. The lowest BCUT2D eigenvalue weighted by molar-refractivity contribution is 0.122. The van der Waals surface area contributed by atoms with Gasteiger partial charge in [0.1, 0.15) is 17.4 Å². The molecule has 4 rings (SSSR count). The average Bonchev–Trinajstić information content (AvgIpc) is 3.26. The second-order valence-corrected chi connectivity index (χ2v) is 8.00. The fourth-order valence-corrected chi connectivity index (χ4v) is 3.88. The number of hydrogen-bond acceptors (Lipinski definition) is 7. The Hall–Kier alpha value is -2.39. The summed E-state index contributed by atoms with van der Waals surface area (Å²) in [7, 11) is 0. The first kappa shape index (κ1) is 19.9. The fourth-order valence-electron chi connectivity index (χ4n) is 3.72. The molecular weight excluding hydrogens is 388 g/mol. The van der Waals surface area contributed by atoms with E-state index in [0.717, 1.165) is 43.6 Å². The van der Waals surface area contributed by atoms with Crippen molar-refractivity contribution in [2.75, 3.05) is 54.5 Å².